The van der Waals surface area contributed by atoms with Crippen LogP contribution in [-0.4, -0.2) is 55.1 Å². The summed E-state index contributed by atoms with van der Waals surface area (Å²) in [6.07, 6.45) is 6.20. The maximum Gasteiger partial charge on any atom is 0.190 e. The lowest BCUT2D eigenvalue weighted by atomic mass is 10.0. The lowest BCUT2D eigenvalue weighted by Gasteiger charge is -2.33. The van der Waals surface area contributed by atoms with Crippen LogP contribution in [-0.2, 0) is 6.42 Å². The molecule has 2 rings (SSSR count). The Bertz CT molecular complexity index is 526. The van der Waals surface area contributed by atoms with Gasteiger partial charge in [0.15, 0.2) is 5.96 Å². The van der Waals surface area contributed by atoms with E-state index in [2.05, 4.69) is 51.7 Å². The van der Waals surface area contributed by atoms with E-state index in [1.807, 2.05) is 7.05 Å². The van der Waals surface area contributed by atoms with Gasteiger partial charge in [-0.2, -0.15) is 0 Å². The summed E-state index contributed by atoms with van der Waals surface area (Å²) in [5.41, 5.74) is 1.18. The third-order valence-electron chi connectivity index (χ3n) is 4.82. The van der Waals surface area contributed by atoms with Crippen molar-refractivity contribution in [3.8, 4) is 0 Å². The first-order valence-corrected chi connectivity index (χ1v) is 10.6. The Balaban J connectivity index is 1.60. The molecule has 0 radical (unpaired) electrons. The first-order valence-electron chi connectivity index (χ1n) is 9.73. The molecule has 0 bridgehead atoms. The molecule has 0 spiro atoms. The molecule has 25 heavy (non-hydrogen) atoms. The van der Waals surface area contributed by atoms with Crippen molar-refractivity contribution < 1.29 is 0 Å². The number of hydrogen-bond acceptors (Lipinski definition) is 4. The number of guanidine groups is 1. The van der Waals surface area contributed by atoms with Crippen molar-refractivity contribution in [1.29, 1.82) is 0 Å². The Morgan fingerprint density at radius 2 is 2.16 bits per heavy atom. The lowest BCUT2D eigenvalue weighted by Crippen LogP contribution is -2.41. The highest BCUT2D eigenvalue weighted by atomic mass is 32.1. The van der Waals surface area contributed by atoms with Gasteiger partial charge in [-0.05, 0) is 32.7 Å². The third kappa shape index (κ3) is 6.94. The summed E-state index contributed by atoms with van der Waals surface area (Å²) in [7, 11) is 1.84. The van der Waals surface area contributed by atoms with Gasteiger partial charge in [0.05, 0.1) is 10.7 Å². The molecule has 2 heterocycles. The van der Waals surface area contributed by atoms with E-state index < -0.39 is 0 Å². The van der Waals surface area contributed by atoms with Gasteiger partial charge in [0, 0.05) is 50.4 Å². The van der Waals surface area contributed by atoms with E-state index in [0.717, 1.165) is 37.9 Å². The van der Waals surface area contributed by atoms with Crippen molar-refractivity contribution in [2.75, 3.05) is 33.2 Å². The molecule has 0 aliphatic carbocycles. The van der Waals surface area contributed by atoms with Gasteiger partial charge in [0.25, 0.3) is 0 Å². The summed E-state index contributed by atoms with van der Waals surface area (Å²) in [6, 6.07) is 0.750. The zero-order valence-electron chi connectivity index (χ0n) is 16.3. The average Bonchev–Trinajstić information content (AvgIpc) is 3.07. The molecule has 1 unspecified atom stereocenters. The Morgan fingerprint density at radius 1 is 1.36 bits per heavy atom. The molecule has 142 valence electrons. The molecule has 1 aliphatic rings. The highest BCUT2D eigenvalue weighted by molar-refractivity contribution is 7.09. The zero-order valence-corrected chi connectivity index (χ0v) is 17.2. The minimum absolute atomic E-state index is 0.517. The van der Waals surface area contributed by atoms with Crippen LogP contribution in [0.25, 0.3) is 0 Å². The van der Waals surface area contributed by atoms with Gasteiger partial charge in [-0.15, -0.1) is 11.3 Å². The Morgan fingerprint density at radius 3 is 2.84 bits per heavy atom. The van der Waals surface area contributed by atoms with Crippen molar-refractivity contribution >= 4 is 17.3 Å². The van der Waals surface area contributed by atoms with E-state index in [4.69, 9.17) is 0 Å². The first kappa shape index (κ1) is 20.2. The van der Waals surface area contributed by atoms with E-state index in [0.29, 0.717) is 5.92 Å². The van der Waals surface area contributed by atoms with Gasteiger partial charge in [-0.25, -0.2) is 4.98 Å². The summed E-state index contributed by atoms with van der Waals surface area (Å²) in [5.74, 6) is 1.41. The van der Waals surface area contributed by atoms with Crippen LogP contribution in [0.15, 0.2) is 10.4 Å². The predicted octanol–water partition coefficient (Wildman–Crippen LogP) is 3.24. The van der Waals surface area contributed by atoms with Crippen LogP contribution in [0.1, 0.15) is 63.1 Å². The van der Waals surface area contributed by atoms with Gasteiger partial charge in [0.1, 0.15) is 0 Å². The molecule has 0 amide bonds. The number of nitrogens with one attached hydrogen (secondary N) is 2. The summed E-state index contributed by atoms with van der Waals surface area (Å²) >= 11 is 1.76. The standard InChI is InChI=1S/C19H35N5S/c1-15(2)18-23-17(14-25-18)9-11-22-19(20-4)21-10-7-13-24-12-6-5-8-16(24)3/h14-16H,5-13H2,1-4H3,(H2,20,21,22). The van der Waals surface area contributed by atoms with Gasteiger partial charge in [0.2, 0.25) is 0 Å². The molecule has 0 saturated carbocycles. The van der Waals surface area contributed by atoms with Crippen molar-refractivity contribution in [2.24, 2.45) is 4.99 Å². The number of nitrogens with zero attached hydrogens (tertiary/aromatic N) is 3. The second-order valence-corrected chi connectivity index (χ2v) is 8.13. The molecule has 6 heteroatoms. The quantitative estimate of drug-likeness (QED) is 0.422. The Labute approximate surface area is 157 Å². The second-order valence-electron chi connectivity index (χ2n) is 7.24. The van der Waals surface area contributed by atoms with Crippen LogP contribution in [0.5, 0.6) is 0 Å². The highest BCUT2D eigenvalue weighted by Crippen LogP contribution is 2.19. The average molecular weight is 366 g/mol. The zero-order chi connectivity index (χ0) is 18.1. The maximum absolute atomic E-state index is 4.68. The molecule has 1 atom stereocenters. The van der Waals surface area contributed by atoms with Crippen molar-refractivity contribution in [2.45, 2.75) is 64.8 Å². The topological polar surface area (TPSA) is 52.6 Å². The van der Waals surface area contributed by atoms with E-state index >= 15 is 0 Å². The fraction of sp³-hybridized carbons (Fsp3) is 0.789. The predicted molar refractivity (Wildman–Crippen MR) is 109 cm³/mol. The largest absolute Gasteiger partial charge is 0.356 e. The number of piperidine rings is 1. The third-order valence-corrected chi connectivity index (χ3v) is 6.01. The number of thiazole rings is 1. The smallest absolute Gasteiger partial charge is 0.190 e. The van der Waals surface area contributed by atoms with Crippen LogP contribution in [0.2, 0.25) is 0 Å². The number of hydrogen-bond donors (Lipinski definition) is 2. The van der Waals surface area contributed by atoms with Gasteiger partial charge >= 0.3 is 0 Å². The van der Waals surface area contributed by atoms with Crippen LogP contribution in [0, 0.1) is 0 Å². The first-order chi connectivity index (χ1) is 12.1. The van der Waals surface area contributed by atoms with Crippen molar-refractivity contribution in [3.63, 3.8) is 0 Å². The van der Waals surface area contributed by atoms with Crippen LogP contribution in [0.3, 0.4) is 0 Å². The van der Waals surface area contributed by atoms with Crippen molar-refractivity contribution in [1.82, 2.24) is 20.5 Å². The summed E-state index contributed by atoms with van der Waals surface area (Å²) in [4.78, 5) is 11.6. The summed E-state index contributed by atoms with van der Waals surface area (Å²) < 4.78 is 0. The van der Waals surface area contributed by atoms with Gasteiger partial charge in [-0.1, -0.05) is 20.3 Å². The maximum atomic E-state index is 4.68. The molecule has 0 aromatic carbocycles. The summed E-state index contributed by atoms with van der Waals surface area (Å²) in [5, 5.41) is 10.2. The minimum atomic E-state index is 0.517. The Hall–Kier alpha value is -1.14. The fourth-order valence-corrected chi connectivity index (χ4v) is 4.08. The highest BCUT2D eigenvalue weighted by Gasteiger charge is 2.17. The van der Waals surface area contributed by atoms with E-state index in [9.17, 15) is 0 Å². The number of likely N-dealkylation sites (tertiary alicyclic amines) is 1. The van der Waals surface area contributed by atoms with Crippen LogP contribution in [0.4, 0.5) is 0 Å². The van der Waals surface area contributed by atoms with Crippen LogP contribution >= 0.6 is 11.3 Å². The second kappa shape index (κ2) is 10.8. The lowest BCUT2D eigenvalue weighted by molar-refractivity contribution is 0.159. The van der Waals surface area contributed by atoms with E-state index in [1.165, 1.54) is 43.1 Å². The molecule has 5 nitrogen and oxygen atoms in total. The Kier molecular flexibility index (Phi) is 8.68. The molecule has 1 aromatic heterocycles. The van der Waals surface area contributed by atoms with Crippen molar-refractivity contribution in [3.05, 3.63) is 16.1 Å². The van der Waals surface area contributed by atoms with Crippen LogP contribution < -0.4 is 10.6 Å². The number of rotatable bonds is 8. The monoisotopic (exact) mass is 365 g/mol. The molecule has 2 N–H and O–H groups in total. The number of aromatic nitrogens is 1. The molecular weight excluding hydrogens is 330 g/mol. The molecular formula is C19H35N5S. The fourth-order valence-electron chi connectivity index (χ4n) is 3.21. The molecule has 1 aliphatic heterocycles. The van der Waals surface area contributed by atoms with E-state index in [-0.39, 0.29) is 0 Å². The van der Waals surface area contributed by atoms with E-state index in [1.54, 1.807) is 11.3 Å². The molecule has 1 saturated heterocycles. The molecule has 1 aromatic rings. The van der Waals surface area contributed by atoms with Gasteiger partial charge < -0.3 is 15.5 Å². The molecule has 1 fully saturated rings. The number of aliphatic imine (C=N–C) groups is 1. The SMILES string of the molecule is CN=C(NCCCN1CCCCC1C)NCCc1csc(C(C)C)n1. The van der Waals surface area contributed by atoms with Gasteiger partial charge in [-0.3, -0.25) is 4.99 Å². The normalized spacial score (nSPS) is 19.4. The minimum Gasteiger partial charge on any atom is -0.356 e. The summed E-state index contributed by atoms with van der Waals surface area (Å²) in [6.45, 7) is 11.0.